The van der Waals surface area contributed by atoms with Crippen molar-refractivity contribution in [2.45, 2.75) is 19.4 Å². The zero-order valence-electron chi connectivity index (χ0n) is 10.5. The Balaban J connectivity index is 2.66. The molecular formula is C13H15NO4. The third kappa shape index (κ3) is 1.44. The van der Waals surface area contributed by atoms with E-state index in [1.807, 2.05) is 0 Å². The maximum atomic E-state index is 12.0. The van der Waals surface area contributed by atoms with E-state index < -0.39 is 16.9 Å². The van der Waals surface area contributed by atoms with Crippen molar-refractivity contribution in [3.63, 3.8) is 0 Å². The molecule has 18 heavy (non-hydrogen) atoms. The summed E-state index contributed by atoms with van der Waals surface area (Å²) < 4.78 is 5.08. The Bertz CT molecular complexity index is 524. The molecule has 1 aromatic carbocycles. The predicted octanol–water partition coefficient (Wildman–Crippen LogP) is 1.06. The van der Waals surface area contributed by atoms with E-state index in [1.54, 1.807) is 18.2 Å². The number of carbonyl (C=O) groups excluding carboxylic acids is 2. The van der Waals surface area contributed by atoms with Crippen LogP contribution in [-0.2, 0) is 15.2 Å². The number of fused-ring (bicyclic) bond motifs is 1. The Hall–Kier alpha value is -1.88. The average Bonchev–Trinajstić information content (AvgIpc) is 2.62. The number of aldehydes is 1. The van der Waals surface area contributed by atoms with Gasteiger partial charge in [-0.1, -0.05) is 0 Å². The van der Waals surface area contributed by atoms with Crippen LogP contribution in [0.15, 0.2) is 18.2 Å². The summed E-state index contributed by atoms with van der Waals surface area (Å²) in [7, 11) is 1.50. The third-order valence-corrected chi connectivity index (χ3v) is 3.42. The highest BCUT2D eigenvalue weighted by Crippen LogP contribution is 2.47. The normalized spacial score (nSPS) is 22.3. The second-order valence-electron chi connectivity index (χ2n) is 4.92. The number of rotatable bonds is 3. The van der Waals surface area contributed by atoms with Crippen molar-refractivity contribution in [2.75, 3.05) is 12.4 Å². The predicted molar refractivity (Wildman–Crippen MR) is 65.4 cm³/mol. The third-order valence-electron chi connectivity index (χ3n) is 3.42. The van der Waals surface area contributed by atoms with Gasteiger partial charge in [0.05, 0.1) is 12.5 Å². The van der Waals surface area contributed by atoms with Gasteiger partial charge in [-0.05, 0) is 32.0 Å². The van der Waals surface area contributed by atoms with Crippen LogP contribution < -0.4 is 10.1 Å². The summed E-state index contributed by atoms with van der Waals surface area (Å²) in [6.07, 6.45) is 0.584. The molecule has 1 amide bonds. The van der Waals surface area contributed by atoms with Gasteiger partial charge in [-0.25, -0.2) is 0 Å². The van der Waals surface area contributed by atoms with Gasteiger partial charge in [0.2, 0.25) is 0 Å². The molecular weight excluding hydrogens is 234 g/mol. The van der Waals surface area contributed by atoms with Gasteiger partial charge in [0, 0.05) is 11.3 Å². The van der Waals surface area contributed by atoms with Gasteiger partial charge in [-0.3, -0.25) is 4.79 Å². The first-order valence-corrected chi connectivity index (χ1v) is 5.55. The summed E-state index contributed by atoms with van der Waals surface area (Å²) in [5.41, 5.74) is -2.24. The minimum absolute atomic E-state index is 0.365. The number of anilines is 1. The van der Waals surface area contributed by atoms with Gasteiger partial charge < -0.3 is 20.0 Å². The number of benzene rings is 1. The number of nitrogens with one attached hydrogen (secondary N) is 1. The van der Waals surface area contributed by atoms with Crippen molar-refractivity contribution in [3.8, 4) is 5.75 Å². The van der Waals surface area contributed by atoms with Gasteiger partial charge in [0.25, 0.3) is 5.91 Å². The van der Waals surface area contributed by atoms with Crippen molar-refractivity contribution in [3.05, 3.63) is 23.8 Å². The molecule has 1 heterocycles. The standard InChI is InChI=1S/C13H15NO4/c1-12(2,7-15)13(17)9-6-8(18-3)4-5-10(9)14-11(13)16/h4-7,17H,1-3H3,(H,14,16)/t13-/m1/s1. The van der Waals surface area contributed by atoms with E-state index in [9.17, 15) is 14.7 Å². The minimum atomic E-state index is -1.88. The van der Waals surface area contributed by atoms with E-state index in [1.165, 1.54) is 21.0 Å². The molecule has 0 saturated heterocycles. The van der Waals surface area contributed by atoms with E-state index in [0.717, 1.165) is 0 Å². The molecule has 0 bridgehead atoms. The first-order chi connectivity index (χ1) is 8.36. The maximum Gasteiger partial charge on any atom is 0.262 e. The number of methoxy groups -OCH3 is 1. The minimum Gasteiger partial charge on any atom is -0.497 e. The van der Waals surface area contributed by atoms with Crippen molar-refractivity contribution >= 4 is 17.9 Å². The Kier molecular flexibility index (Phi) is 2.66. The van der Waals surface area contributed by atoms with Crippen LogP contribution in [0.25, 0.3) is 0 Å². The molecule has 1 aliphatic heterocycles. The SMILES string of the molecule is COc1ccc2c(c1)[C@](O)(C(C)(C)C=O)C(=O)N2. The molecule has 0 saturated carbocycles. The van der Waals surface area contributed by atoms with E-state index in [-0.39, 0.29) is 0 Å². The lowest BCUT2D eigenvalue weighted by Gasteiger charge is -2.33. The molecule has 1 aromatic rings. The first kappa shape index (κ1) is 12.6. The molecule has 2 rings (SSSR count). The molecule has 0 fully saturated rings. The van der Waals surface area contributed by atoms with Crippen molar-refractivity contribution in [1.29, 1.82) is 0 Å². The lowest BCUT2D eigenvalue weighted by Crippen LogP contribution is -2.48. The van der Waals surface area contributed by atoms with Crippen LogP contribution in [0.3, 0.4) is 0 Å². The number of carbonyl (C=O) groups is 2. The Labute approximate surface area is 105 Å². The fraction of sp³-hybridized carbons (Fsp3) is 0.385. The fourth-order valence-corrected chi connectivity index (χ4v) is 2.12. The largest absolute Gasteiger partial charge is 0.497 e. The molecule has 1 atom stereocenters. The summed E-state index contributed by atoms with van der Waals surface area (Å²) in [5.74, 6) is -0.0757. The maximum absolute atomic E-state index is 12.0. The highest BCUT2D eigenvalue weighted by atomic mass is 16.5. The van der Waals surface area contributed by atoms with E-state index in [0.29, 0.717) is 23.3 Å². The molecule has 0 unspecified atom stereocenters. The molecule has 5 nitrogen and oxygen atoms in total. The highest BCUT2D eigenvalue weighted by Gasteiger charge is 2.56. The molecule has 96 valence electrons. The summed E-state index contributed by atoms with van der Waals surface area (Å²) in [6.45, 7) is 3.04. The molecule has 0 spiro atoms. The zero-order valence-corrected chi connectivity index (χ0v) is 10.5. The van der Waals surface area contributed by atoms with Crippen molar-refractivity contribution in [1.82, 2.24) is 0 Å². The van der Waals surface area contributed by atoms with Gasteiger partial charge >= 0.3 is 0 Å². The average molecular weight is 249 g/mol. The van der Waals surface area contributed by atoms with Gasteiger partial charge in [0.1, 0.15) is 12.0 Å². The van der Waals surface area contributed by atoms with Crippen LogP contribution in [0.2, 0.25) is 0 Å². The van der Waals surface area contributed by atoms with E-state index in [4.69, 9.17) is 4.74 Å². The lowest BCUT2D eigenvalue weighted by atomic mass is 9.72. The lowest BCUT2D eigenvalue weighted by molar-refractivity contribution is -0.152. The monoisotopic (exact) mass is 249 g/mol. The van der Waals surface area contributed by atoms with Crippen molar-refractivity contribution < 1.29 is 19.4 Å². The first-order valence-electron chi connectivity index (χ1n) is 5.55. The summed E-state index contributed by atoms with van der Waals surface area (Å²) >= 11 is 0. The molecule has 0 radical (unpaired) electrons. The summed E-state index contributed by atoms with van der Waals surface area (Å²) in [4.78, 5) is 23.2. The molecule has 0 aliphatic carbocycles. The summed E-state index contributed by atoms with van der Waals surface area (Å²) in [5, 5.41) is 13.2. The molecule has 1 aliphatic rings. The Morgan fingerprint density at radius 1 is 1.44 bits per heavy atom. The molecule has 0 aromatic heterocycles. The van der Waals surface area contributed by atoms with E-state index >= 15 is 0 Å². The molecule has 5 heteroatoms. The number of amides is 1. The second kappa shape index (κ2) is 3.81. The molecule has 2 N–H and O–H groups in total. The number of hydrogen-bond acceptors (Lipinski definition) is 4. The zero-order chi connectivity index (χ0) is 13.6. The number of hydrogen-bond donors (Lipinski definition) is 2. The highest BCUT2D eigenvalue weighted by molar-refractivity contribution is 6.07. The van der Waals surface area contributed by atoms with Crippen LogP contribution in [0, 0.1) is 5.41 Å². The van der Waals surface area contributed by atoms with Crippen LogP contribution in [0.1, 0.15) is 19.4 Å². The Morgan fingerprint density at radius 3 is 2.67 bits per heavy atom. The second-order valence-corrected chi connectivity index (χ2v) is 4.92. The smallest absolute Gasteiger partial charge is 0.262 e. The number of aliphatic hydroxyl groups is 1. The number of ether oxygens (including phenoxy) is 1. The van der Waals surface area contributed by atoms with Crippen LogP contribution >= 0.6 is 0 Å². The summed E-state index contributed by atoms with van der Waals surface area (Å²) in [6, 6.07) is 4.89. The van der Waals surface area contributed by atoms with Crippen LogP contribution in [0.4, 0.5) is 5.69 Å². The van der Waals surface area contributed by atoms with Crippen LogP contribution in [-0.4, -0.2) is 24.4 Å². The Morgan fingerprint density at radius 2 is 2.11 bits per heavy atom. The van der Waals surface area contributed by atoms with Crippen molar-refractivity contribution in [2.24, 2.45) is 5.41 Å². The fourth-order valence-electron chi connectivity index (χ4n) is 2.12. The van der Waals surface area contributed by atoms with Gasteiger partial charge in [0.15, 0.2) is 5.60 Å². The topological polar surface area (TPSA) is 75.6 Å². The van der Waals surface area contributed by atoms with E-state index in [2.05, 4.69) is 5.32 Å². The van der Waals surface area contributed by atoms with Gasteiger partial charge in [-0.2, -0.15) is 0 Å². The van der Waals surface area contributed by atoms with Crippen LogP contribution in [0.5, 0.6) is 5.75 Å². The quantitative estimate of drug-likeness (QED) is 0.785. The van der Waals surface area contributed by atoms with Gasteiger partial charge in [-0.15, -0.1) is 0 Å².